The molecular weight excluding hydrogens is 262 g/mol. The van der Waals surface area contributed by atoms with Crippen molar-refractivity contribution in [3.8, 4) is 5.75 Å². The van der Waals surface area contributed by atoms with Crippen LogP contribution in [0, 0.1) is 0 Å². The Morgan fingerprint density at radius 1 is 1.24 bits per heavy atom. The summed E-state index contributed by atoms with van der Waals surface area (Å²) in [6.07, 6.45) is 2.68. The number of nitrogens with one attached hydrogen (secondary N) is 1. The number of rotatable bonds is 5. The van der Waals surface area contributed by atoms with Crippen LogP contribution in [0.4, 0.5) is 0 Å². The van der Waals surface area contributed by atoms with Gasteiger partial charge < -0.3 is 10.1 Å². The van der Waals surface area contributed by atoms with E-state index < -0.39 is 0 Å². The highest BCUT2D eigenvalue weighted by Crippen LogP contribution is 2.29. The van der Waals surface area contributed by atoms with Crippen LogP contribution < -0.4 is 10.1 Å². The van der Waals surface area contributed by atoms with E-state index in [1.165, 1.54) is 5.56 Å². The van der Waals surface area contributed by atoms with Crippen molar-refractivity contribution in [3.63, 3.8) is 0 Å². The summed E-state index contributed by atoms with van der Waals surface area (Å²) in [5, 5.41) is 3.35. The van der Waals surface area contributed by atoms with Crippen LogP contribution in [0.1, 0.15) is 23.6 Å². The number of aliphatic imine (C=N–C) groups is 1. The lowest BCUT2D eigenvalue weighted by Crippen LogP contribution is -2.21. The van der Waals surface area contributed by atoms with Crippen molar-refractivity contribution in [1.82, 2.24) is 10.3 Å². The third kappa shape index (κ3) is 3.21. The van der Waals surface area contributed by atoms with Gasteiger partial charge in [-0.05, 0) is 29.8 Å². The first kappa shape index (κ1) is 13.6. The van der Waals surface area contributed by atoms with Crippen molar-refractivity contribution in [3.05, 3.63) is 59.9 Å². The number of methoxy groups -OCH3 is 1. The van der Waals surface area contributed by atoms with E-state index in [1.54, 1.807) is 7.11 Å². The Hall–Kier alpha value is -2.36. The van der Waals surface area contributed by atoms with Crippen molar-refractivity contribution in [1.29, 1.82) is 0 Å². The van der Waals surface area contributed by atoms with Crippen molar-refractivity contribution >= 4 is 5.84 Å². The SMILES string of the molecule is COc1cccc(C(CC2=NCCN2)c2ccccn2)c1. The average molecular weight is 281 g/mol. The van der Waals surface area contributed by atoms with Gasteiger partial charge in [0.2, 0.25) is 0 Å². The van der Waals surface area contributed by atoms with Crippen LogP contribution in [-0.2, 0) is 0 Å². The van der Waals surface area contributed by atoms with E-state index in [1.807, 2.05) is 30.5 Å². The lowest BCUT2D eigenvalue weighted by atomic mass is 9.91. The second-order valence-corrected chi connectivity index (χ2v) is 5.04. The number of amidine groups is 1. The van der Waals surface area contributed by atoms with Gasteiger partial charge in [-0.3, -0.25) is 9.98 Å². The molecule has 0 spiro atoms. The fourth-order valence-corrected chi connectivity index (χ4v) is 2.61. The van der Waals surface area contributed by atoms with E-state index in [4.69, 9.17) is 4.74 Å². The Kier molecular flexibility index (Phi) is 4.15. The minimum absolute atomic E-state index is 0.186. The molecule has 1 N–H and O–H groups in total. The highest BCUT2D eigenvalue weighted by Gasteiger charge is 2.20. The van der Waals surface area contributed by atoms with Crippen molar-refractivity contribution < 1.29 is 4.74 Å². The molecule has 0 fully saturated rings. The Labute approximate surface area is 124 Å². The standard InChI is InChI=1S/C17H19N3O/c1-21-14-6-4-5-13(11-14)15(12-17-19-9-10-20-17)16-7-2-3-8-18-16/h2-8,11,15H,9-10,12H2,1H3,(H,19,20). The second kappa shape index (κ2) is 6.39. The smallest absolute Gasteiger partial charge is 0.119 e. The largest absolute Gasteiger partial charge is 0.497 e. The highest BCUT2D eigenvalue weighted by atomic mass is 16.5. The molecule has 1 atom stereocenters. The normalized spacial score (nSPS) is 15.2. The van der Waals surface area contributed by atoms with Crippen LogP contribution in [0.2, 0.25) is 0 Å². The monoisotopic (exact) mass is 281 g/mol. The van der Waals surface area contributed by atoms with Gasteiger partial charge >= 0.3 is 0 Å². The number of benzene rings is 1. The second-order valence-electron chi connectivity index (χ2n) is 5.04. The minimum Gasteiger partial charge on any atom is -0.497 e. The minimum atomic E-state index is 0.186. The third-order valence-electron chi connectivity index (χ3n) is 3.68. The summed E-state index contributed by atoms with van der Waals surface area (Å²) in [6, 6.07) is 14.2. The van der Waals surface area contributed by atoms with E-state index >= 15 is 0 Å². The average Bonchev–Trinajstić information content (AvgIpc) is 3.07. The Morgan fingerprint density at radius 2 is 2.19 bits per heavy atom. The summed E-state index contributed by atoms with van der Waals surface area (Å²) in [7, 11) is 1.69. The molecule has 0 bridgehead atoms. The zero-order chi connectivity index (χ0) is 14.5. The van der Waals surface area contributed by atoms with Crippen LogP contribution in [0.15, 0.2) is 53.7 Å². The lowest BCUT2D eigenvalue weighted by Gasteiger charge is -2.18. The van der Waals surface area contributed by atoms with Crippen molar-refractivity contribution in [2.45, 2.75) is 12.3 Å². The van der Waals surface area contributed by atoms with Crippen LogP contribution >= 0.6 is 0 Å². The number of pyridine rings is 1. The summed E-state index contributed by atoms with van der Waals surface area (Å²) in [6.45, 7) is 1.80. The molecule has 1 aliphatic rings. The topological polar surface area (TPSA) is 46.5 Å². The number of ether oxygens (including phenoxy) is 1. The van der Waals surface area contributed by atoms with Crippen LogP contribution in [0.25, 0.3) is 0 Å². The summed E-state index contributed by atoms with van der Waals surface area (Å²) in [5.74, 6) is 2.12. The van der Waals surface area contributed by atoms with Gasteiger partial charge in [-0.25, -0.2) is 0 Å². The van der Waals surface area contributed by atoms with Gasteiger partial charge in [0.05, 0.1) is 19.5 Å². The fourth-order valence-electron chi connectivity index (χ4n) is 2.61. The van der Waals surface area contributed by atoms with Crippen LogP contribution in [0.3, 0.4) is 0 Å². The lowest BCUT2D eigenvalue weighted by molar-refractivity contribution is 0.414. The van der Waals surface area contributed by atoms with Gasteiger partial charge in [-0.15, -0.1) is 0 Å². The molecule has 21 heavy (non-hydrogen) atoms. The van der Waals surface area contributed by atoms with Gasteiger partial charge in [0.25, 0.3) is 0 Å². The van der Waals surface area contributed by atoms with Crippen LogP contribution in [0.5, 0.6) is 5.75 Å². The first-order valence-electron chi connectivity index (χ1n) is 7.19. The molecule has 0 saturated carbocycles. The zero-order valence-electron chi connectivity index (χ0n) is 12.1. The summed E-state index contributed by atoms with van der Waals surface area (Å²) in [4.78, 5) is 9.05. The maximum Gasteiger partial charge on any atom is 0.119 e. The van der Waals surface area contributed by atoms with Gasteiger partial charge in [0.1, 0.15) is 5.75 Å². The van der Waals surface area contributed by atoms with Gasteiger partial charge in [-0.1, -0.05) is 18.2 Å². The van der Waals surface area contributed by atoms with E-state index in [0.29, 0.717) is 0 Å². The molecule has 2 aromatic rings. The van der Waals surface area contributed by atoms with Gasteiger partial charge in [-0.2, -0.15) is 0 Å². The molecule has 4 heteroatoms. The number of hydrogen-bond donors (Lipinski definition) is 1. The number of nitrogens with zero attached hydrogens (tertiary/aromatic N) is 2. The molecule has 108 valence electrons. The van der Waals surface area contributed by atoms with Crippen molar-refractivity contribution in [2.24, 2.45) is 4.99 Å². The molecule has 0 radical (unpaired) electrons. The quantitative estimate of drug-likeness (QED) is 0.916. The predicted octanol–water partition coefficient (Wildman–Crippen LogP) is 2.61. The predicted molar refractivity (Wildman–Crippen MR) is 84.0 cm³/mol. The molecule has 1 aromatic carbocycles. The molecule has 1 aromatic heterocycles. The molecule has 2 heterocycles. The summed E-state index contributed by atoms with van der Waals surface area (Å²) < 4.78 is 5.34. The molecule has 4 nitrogen and oxygen atoms in total. The molecule has 3 rings (SSSR count). The number of hydrogen-bond acceptors (Lipinski definition) is 4. The van der Waals surface area contributed by atoms with Crippen molar-refractivity contribution in [2.75, 3.05) is 20.2 Å². The summed E-state index contributed by atoms with van der Waals surface area (Å²) >= 11 is 0. The highest BCUT2D eigenvalue weighted by molar-refractivity contribution is 5.84. The van der Waals surface area contributed by atoms with E-state index in [2.05, 4.69) is 33.5 Å². The molecule has 0 aliphatic carbocycles. The number of aromatic nitrogens is 1. The first-order valence-corrected chi connectivity index (χ1v) is 7.19. The molecule has 1 aliphatic heterocycles. The maximum absolute atomic E-state index is 5.34. The Balaban J connectivity index is 1.94. The Bertz CT molecular complexity index is 625. The fraction of sp³-hybridized carbons (Fsp3) is 0.294. The van der Waals surface area contributed by atoms with E-state index in [-0.39, 0.29) is 5.92 Å². The summed E-state index contributed by atoms with van der Waals surface area (Å²) in [5.41, 5.74) is 2.26. The van der Waals surface area contributed by atoms with Crippen LogP contribution in [-0.4, -0.2) is 31.0 Å². The van der Waals surface area contributed by atoms with Gasteiger partial charge in [0.15, 0.2) is 0 Å². The molecule has 1 unspecified atom stereocenters. The third-order valence-corrected chi connectivity index (χ3v) is 3.68. The molecule has 0 saturated heterocycles. The van der Waals surface area contributed by atoms with E-state index in [9.17, 15) is 0 Å². The first-order chi connectivity index (χ1) is 10.4. The molecule has 0 amide bonds. The van der Waals surface area contributed by atoms with Gasteiger partial charge in [0, 0.05) is 30.8 Å². The Morgan fingerprint density at radius 3 is 2.90 bits per heavy atom. The maximum atomic E-state index is 5.34. The van der Waals surface area contributed by atoms with E-state index in [0.717, 1.165) is 36.8 Å². The zero-order valence-corrected chi connectivity index (χ0v) is 12.1. The molecular formula is C17H19N3O.